The average molecular weight is 499 g/mol. The van der Waals surface area contributed by atoms with Gasteiger partial charge in [-0.05, 0) is 52.3 Å². The van der Waals surface area contributed by atoms with Crippen molar-refractivity contribution in [3.8, 4) is 21.9 Å². The summed E-state index contributed by atoms with van der Waals surface area (Å²) in [6, 6.07) is 3.33. The largest absolute Gasteiger partial charge is 0.451 e. The molecule has 8 nitrogen and oxygen atoms in total. The predicted octanol–water partition coefficient (Wildman–Crippen LogP) is 4.52. The molecule has 10 heteroatoms. The number of halogens is 1. The van der Waals surface area contributed by atoms with Gasteiger partial charge in [-0.3, -0.25) is 14.6 Å². The number of rotatable bonds is 6. The Kier molecular flexibility index (Phi) is 6.29. The number of aliphatic hydroxyl groups is 1. The standard InChI is InChI=1S/C25H27FN4O4S/c1-7-27-23(31)16-10-14-15(11-30(6)24(32)18(14)29-16)21-20(17(26)22(35-21)25(4,5)33)34-19-12(2)8-9-28-13(19)3/h8-11,29,33H,7H2,1-6H3,(H,27,31). The van der Waals surface area contributed by atoms with Crippen molar-refractivity contribution >= 4 is 28.1 Å². The van der Waals surface area contributed by atoms with Crippen molar-refractivity contribution in [1.82, 2.24) is 19.9 Å². The second kappa shape index (κ2) is 8.94. The average Bonchev–Trinajstić information content (AvgIpc) is 3.36. The third-order valence-corrected chi connectivity index (χ3v) is 7.13. The Morgan fingerprint density at radius 1 is 1.34 bits per heavy atom. The van der Waals surface area contributed by atoms with E-state index in [1.165, 1.54) is 18.4 Å². The number of aromatic amines is 1. The van der Waals surface area contributed by atoms with Crippen LogP contribution in [0.1, 0.15) is 47.4 Å². The highest BCUT2D eigenvalue weighted by molar-refractivity contribution is 7.16. The zero-order valence-corrected chi connectivity index (χ0v) is 21.2. The minimum absolute atomic E-state index is 0.0768. The molecule has 0 atom stereocenters. The molecule has 1 amide bonds. The van der Waals surface area contributed by atoms with E-state index in [-0.39, 0.29) is 33.3 Å². The minimum atomic E-state index is -1.48. The first kappa shape index (κ1) is 24.6. The molecule has 0 bridgehead atoms. The van der Waals surface area contributed by atoms with E-state index in [0.717, 1.165) is 16.9 Å². The lowest BCUT2D eigenvalue weighted by atomic mass is 10.1. The number of carbonyl (C=O) groups is 1. The Bertz CT molecular complexity index is 1490. The van der Waals surface area contributed by atoms with Gasteiger partial charge in [0, 0.05) is 36.9 Å². The molecule has 0 aromatic carbocycles. The summed E-state index contributed by atoms with van der Waals surface area (Å²) in [6.45, 7) is 8.81. The van der Waals surface area contributed by atoms with Gasteiger partial charge in [0.15, 0.2) is 17.3 Å². The summed E-state index contributed by atoms with van der Waals surface area (Å²) in [5.41, 5.74) is 0.454. The second-order valence-electron chi connectivity index (χ2n) is 8.90. The number of pyridine rings is 2. The number of aryl methyl sites for hydroxylation is 3. The summed E-state index contributed by atoms with van der Waals surface area (Å²) in [6.07, 6.45) is 3.22. The van der Waals surface area contributed by atoms with Gasteiger partial charge < -0.3 is 24.7 Å². The predicted molar refractivity (Wildman–Crippen MR) is 134 cm³/mol. The highest BCUT2D eigenvalue weighted by atomic mass is 32.1. The van der Waals surface area contributed by atoms with E-state index < -0.39 is 11.4 Å². The fourth-order valence-corrected chi connectivity index (χ4v) is 5.02. The van der Waals surface area contributed by atoms with Crippen LogP contribution in [0.3, 0.4) is 0 Å². The fourth-order valence-electron chi connectivity index (χ4n) is 3.89. The molecule has 0 unspecified atom stereocenters. The summed E-state index contributed by atoms with van der Waals surface area (Å²) in [5.74, 6) is -0.719. The van der Waals surface area contributed by atoms with Gasteiger partial charge in [0.05, 0.1) is 21.0 Å². The number of nitrogens with zero attached hydrogens (tertiary/aromatic N) is 2. The number of aromatic nitrogens is 3. The van der Waals surface area contributed by atoms with E-state index in [1.807, 2.05) is 6.92 Å². The van der Waals surface area contributed by atoms with E-state index in [2.05, 4.69) is 15.3 Å². The highest BCUT2D eigenvalue weighted by Gasteiger charge is 2.32. The van der Waals surface area contributed by atoms with Crippen LogP contribution < -0.4 is 15.6 Å². The summed E-state index contributed by atoms with van der Waals surface area (Å²) < 4.78 is 23.3. The zero-order valence-electron chi connectivity index (χ0n) is 20.4. The van der Waals surface area contributed by atoms with E-state index in [1.54, 1.807) is 45.4 Å². The Hall–Kier alpha value is -3.50. The van der Waals surface area contributed by atoms with Crippen molar-refractivity contribution in [1.29, 1.82) is 0 Å². The number of amides is 1. The van der Waals surface area contributed by atoms with Crippen LogP contribution in [0, 0.1) is 19.7 Å². The van der Waals surface area contributed by atoms with Crippen LogP contribution in [0.15, 0.2) is 29.3 Å². The number of hydrogen-bond acceptors (Lipinski definition) is 6. The van der Waals surface area contributed by atoms with Gasteiger partial charge in [0.25, 0.3) is 11.5 Å². The lowest BCUT2D eigenvalue weighted by molar-refractivity contribution is 0.0785. The van der Waals surface area contributed by atoms with Gasteiger partial charge in [0.2, 0.25) is 0 Å². The van der Waals surface area contributed by atoms with Crippen LogP contribution in [0.25, 0.3) is 21.3 Å². The summed E-state index contributed by atoms with van der Waals surface area (Å²) in [4.78, 5) is 32.9. The lowest BCUT2D eigenvalue weighted by Gasteiger charge is -2.15. The number of H-pyrrole nitrogens is 1. The topological polar surface area (TPSA) is 109 Å². The molecule has 0 radical (unpaired) electrons. The number of thiophene rings is 1. The number of hydrogen-bond donors (Lipinski definition) is 3. The number of carbonyl (C=O) groups excluding carboxylic acids is 1. The van der Waals surface area contributed by atoms with Crippen LogP contribution in [-0.4, -0.2) is 32.1 Å². The summed E-state index contributed by atoms with van der Waals surface area (Å²) >= 11 is 1.03. The van der Waals surface area contributed by atoms with Crippen LogP contribution in [0.4, 0.5) is 4.39 Å². The SMILES string of the molecule is CCNC(=O)c1cc2c(-c3sc(C(C)(C)O)c(F)c3Oc3c(C)ccnc3C)cn(C)c(=O)c2[nH]1. The van der Waals surface area contributed by atoms with Gasteiger partial charge in [0.1, 0.15) is 11.2 Å². The molecular weight excluding hydrogens is 471 g/mol. The zero-order chi connectivity index (χ0) is 25.7. The van der Waals surface area contributed by atoms with E-state index in [4.69, 9.17) is 4.74 Å². The molecular formula is C25H27FN4O4S. The van der Waals surface area contributed by atoms with Gasteiger partial charge in [-0.15, -0.1) is 11.3 Å². The van der Waals surface area contributed by atoms with E-state index in [9.17, 15) is 14.7 Å². The third kappa shape index (κ3) is 4.35. The monoisotopic (exact) mass is 498 g/mol. The quantitative estimate of drug-likeness (QED) is 0.362. The molecule has 4 aromatic rings. The third-order valence-electron chi connectivity index (χ3n) is 5.64. The first-order valence-electron chi connectivity index (χ1n) is 11.1. The Balaban J connectivity index is 2.02. The molecule has 0 saturated carbocycles. The molecule has 0 spiro atoms. The van der Waals surface area contributed by atoms with Crippen LogP contribution in [-0.2, 0) is 12.6 Å². The molecule has 4 rings (SSSR count). The highest BCUT2D eigenvalue weighted by Crippen LogP contribution is 2.48. The Labute approximate surface area is 205 Å². The molecule has 4 aromatic heterocycles. The second-order valence-corrected chi connectivity index (χ2v) is 9.92. The molecule has 184 valence electrons. The maximum absolute atomic E-state index is 15.8. The molecule has 4 heterocycles. The van der Waals surface area contributed by atoms with Gasteiger partial charge >= 0.3 is 0 Å². The Morgan fingerprint density at radius 2 is 2.06 bits per heavy atom. The number of fused-ring (bicyclic) bond motifs is 1. The molecule has 35 heavy (non-hydrogen) atoms. The maximum atomic E-state index is 15.8. The summed E-state index contributed by atoms with van der Waals surface area (Å²) in [5, 5.41) is 13.8. The minimum Gasteiger partial charge on any atom is -0.451 e. The van der Waals surface area contributed by atoms with Crippen molar-refractivity contribution in [3.05, 3.63) is 62.5 Å². The first-order chi connectivity index (χ1) is 16.4. The van der Waals surface area contributed by atoms with Crippen molar-refractivity contribution in [2.45, 2.75) is 40.2 Å². The smallest absolute Gasteiger partial charge is 0.274 e. The van der Waals surface area contributed by atoms with Crippen molar-refractivity contribution in [3.63, 3.8) is 0 Å². The van der Waals surface area contributed by atoms with E-state index in [0.29, 0.717) is 33.8 Å². The fraction of sp³-hybridized carbons (Fsp3) is 0.320. The first-order valence-corrected chi connectivity index (χ1v) is 11.9. The Morgan fingerprint density at radius 3 is 2.69 bits per heavy atom. The molecule has 0 aliphatic heterocycles. The molecule has 3 N–H and O–H groups in total. The molecule has 0 aliphatic carbocycles. The molecule has 0 saturated heterocycles. The van der Waals surface area contributed by atoms with E-state index >= 15 is 4.39 Å². The number of ether oxygens (including phenoxy) is 1. The van der Waals surface area contributed by atoms with Gasteiger partial charge in [-0.1, -0.05) is 0 Å². The van der Waals surface area contributed by atoms with Crippen LogP contribution >= 0.6 is 11.3 Å². The lowest BCUT2D eigenvalue weighted by Crippen LogP contribution is -2.23. The van der Waals surface area contributed by atoms with Crippen molar-refractivity contribution in [2.24, 2.45) is 7.05 Å². The molecule has 0 fully saturated rings. The van der Waals surface area contributed by atoms with Crippen LogP contribution in [0.5, 0.6) is 11.5 Å². The van der Waals surface area contributed by atoms with Gasteiger partial charge in [-0.2, -0.15) is 0 Å². The van der Waals surface area contributed by atoms with Crippen molar-refractivity contribution in [2.75, 3.05) is 6.54 Å². The normalized spacial score (nSPS) is 11.8. The maximum Gasteiger partial charge on any atom is 0.274 e. The van der Waals surface area contributed by atoms with Crippen LogP contribution in [0.2, 0.25) is 0 Å². The number of nitrogens with one attached hydrogen (secondary N) is 2. The van der Waals surface area contributed by atoms with Gasteiger partial charge in [-0.25, -0.2) is 4.39 Å². The summed E-state index contributed by atoms with van der Waals surface area (Å²) in [7, 11) is 1.58. The van der Waals surface area contributed by atoms with Crippen molar-refractivity contribution < 1.29 is 19.0 Å². The molecule has 0 aliphatic rings.